The maximum atomic E-state index is 12.2. The van der Waals surface area contributed by atoms with Gasteiger partial charge in [0.2, 0.25) is 0 Å². The molecule has 0 saturated carbocycles. The van der Waals surface area contributed by atoms with Crippen LogP contribution < -0.4 is 0 Å². The lowest BCUT2D eigenvalue weighted by Crippen LogP contribution is -2.63. The molecule has 19 heavy (non-hydrogen) atoms. The molecule has 104 valence electrons. The van der Waals surface area contributed by atoms with Crippen molar-refractivity contribution in [1.29, 1.82) is 0 Å². The molecule has 1 aliphatic rings. The molecule has 0 bridgehead atoms. The zero-order valence-corrected chi connectivity index (χ0v) is 11.3. The number of likely N-dealkylation sites (tertiary alicyclic amines) is 1. The topological polar surface area (TPSA) is 71.8 Å². The number of amides is 1. The van der Waals surface area contributed by atoms with Crippen molar-refractivity contribution in [2.24, 2.45) is 7.05 Å². The van der Waals surface area contributed by atoms with E-state index in [4.69, 9.17) is 9.84 Å². The van der Waals surface area contributed by atoms with Crippen molar-refractivity contribution in [3.8, 4) is 0 Å². The first kappa shape index (κ1) is 13.6. The summed E-state index contributed by atoms with van der Waals surface area (Å²) in [5, 5.41) is 8.58. The van der Waals surface area contributed by atoms with E-state index in [9.17, 15) is 9.59 Å². The van der Waals surface area contributed by atoms with Crippen LogP contribution in [0, 0.1) is 6.92 Å². The van der Waals surface area contributed by atoms with Crippen molar-refractivity contribution in [2.45, 2.75) is 19.4 Å². The van der Waals surface area contributed by atoms with Gasteiger partial charge in [-0.25, -0.2) is 4.79 Å². The third-order valence-electron chi connectivity index (χ3n) is 3.47. The van der Waals surface area contributed by atoms with Gasteiger partial charge in [-0.2, -0.15) is 0 Å². The monoisotopic (exact) mass is 266 g/mol. The molecule has 1 saturated heterocycles. The summed E-state index contributed by atoms with van der Waals surface area (Å²) in [4.78, 5) is 24.3. The second-order valence-electron chi connectivity index (χ2n) is 5.21. The summed E-state index contributed by atoms with van der Waals surface area (Å²) in [6.45, 7) is 4.26. The first-order valence-electron chi connectivity index (χ1n) is 6.10. The molecule has 6 nitrogen and oxygen atoms in total. The second kappa shape index (κ2) is 4.70. The number of aliphatic carboxylic acids is 1. The van der Waals surface area contributed by atoms with E-state index in [1.54, 1.807) is 11.0 Å². The van der Waals surface area contributed by atoms with E-state index in [1.807, 2.05) is 31.5 Å². The van der Waals surface area contributed by atoms with Crippen LogP contribution in [0.15, 0.2) is 12.1 Å². The fraction of sp³-hybridized carbons (Fsp3) is 0.538. The van der Waals surface area contributed by atoms with E-state index in [0.29, 0.717) is 18.8 Å². The lowest BCUT2D eigenvalue weighted by atomic mass is 9.96. The number of carbonyl (C=O) groups excluding carboxylic acids is 1. The molecule has 1 N–H and O–H groups in total. The van der Waals surface area contributed by atoms with Gasteiger partial charge in [0.05, 0.1) is 13.1 Å². The van der Waals surface area contributed by atoms with Crippen LogP contribution in [0.25, 0.3) is 0 Å². The van der Waals surface area contributed by atoms with Gasteiger partial charge in [0.15, 0.2) is 0 Å². The summed E-state index contributed by atoms with van der Waals surface area (Å²) in [6.07, 6.45) is 0. The Morgan fingerprint density at radius 1 is 1.42 bits per heavy atom. The molecule has 2 rings (SSSR count). The van der Waals surface area contributed by atoms with E-state index in [0.717, 1.165) is 5.69 Å². The summed E-state index contributed by atoms with van der Waals surface area (Å²) in [7, 11) is 1.85. The van der Waals surface area contributed by atoms with Gasteiger partial charge in [-0.05, 0) is 26.0 Å². The van der Waals surface area contributed by atoms with Gasteiger partial charge in [-0.15, -0.1) is 0 Å². The number of aryl methyl sites for hydroxylation is 1. The largest absolute Gasteiger partial charge is 0.480 e. The van der Waals surface area contributed by atoms with E-state index >= 15 is 0 Å². The van der Waals surface area contributed by atoms with Gasteiger partial charge in [-0.1, -0.05) is 0 Å². The Kier molecular flexibility index (Phi) is 3.36. The van der Waals surface area contributed by atoms with Crippen LogP contribution in [0.2, 0.25) is 0 Å². The number of rotatable bonds is 4. The first-order chi connectivity index (χ1) is 8.82. The summed E-state index contributed by atoms with van der Waals surface area (Å²) >= 11 is 0. The fourth-order valence-corrected chi connectivity index (χ4v) is 2.22. The number of hydrogen-bond donors (Lipinski definition) is 1. The van der Waals surface area contributed by atoms with Gasteiger partial charge in [0.25, 0.3) is 5.91 Å². The predicted molar refractivity (Wildman–Crippen MR) is 68.0 cm³/mol. The molecule has 1 amide bonds. The highest BCUT2D eigenvalue weighted by Crippen LogP contribution is 2.26. The Balaban J connectivity index is 1.95. The van der Waals surface area contributed by atoms with E-state index in [1.165, 1.54) is 0 Å². The zero-order chi connectivity index (χ0) is 14.2. The first-order valence-corrected chi connectivity index (χ1v) is 6.10. The maximum absolute atomic E-state index is 12.2. The molecule has 0 radical (unpaired) electrons. The van der Waals surface area contributed by atoms with E-state index < -0.39 is 11.6 Å². The van der Waals surface area contributed by atoms with Gasteiger partial charge >= 0.3 is 5.97 Å². The van der Waals surface area contributed by atoms with Crippen LogP contribution >= 0.6 is 0 Å². The summed E-state index contributed by atoms with van der Waals surface area (Å²) in [6, 6.07) is 3.69. The number of carboxylic acid groups (broad SMARTS) is 1. The van der Waals surface area contributed by atoms with Crippen LogP contribution in [0.5, 0.6) is 0 Å². The lowest BCUT2D eigenvalue weighted by molar-refractivity contribution is -0.160. The third-order valence-corrected chi connectivity index (χ3v) is 3.47. The molecule has 1 aromatic heterocycles. The van der Waals surface area contributed by atoms with Crippen molar-refractivity contribution in [1.82, 2.24) is 9.47 Å². The second-order valence-corrected chi connectivity index (χ2v) is 5.21. The quantitative estimate of drug-likeness (QED) is 0.868. The Hall–Kier alpha value is -1.82. The maximum Gasteiger partial charge on any atom is 0.329 e. The Labute approximate surface area is 111 Å². The molecule has 0 aromatic carbocycles. The van der Waals surface area contributed by atoms with Gasteiger partial charge in [0.1, 0.15) is 17.9 Å². The van der Waals surface area contributed by atoms with Gasteiger partial charge in [0, 0.05) is 12.7 Å². The molecule has 2 heterocycles. The number of nitrogens with zero attached hydrogens (tertiary/aromatic N) is 2. The highest BCUT2D eigenvalue weighted by molar-refractivity contribution is 5.93. The van der Waals surface area contributed by atoms with Crippen LogP contribution in [0.3, 0.4) is 0 Å². The lowest BCUT2D eigenvalue weighted by Gasteiger charge is -2.47. The Bertz CT molecular complexity index is 515. The SMILES string of the molecule is Cc1ccc(C(=O)N2CC(C)(OCC(=O)O)C2)n1C. The third kappa shape index (κ3) is 2.63. The van der Waals surface area contributed by atoms with Crippen molar-refractivity contribution in [2.75, 3.05) is 19.7 Å². The highest BCUT2D eigenvalue weighted by atomic mass is 16.5. The summed E-state index contributed by atoms with van der Waals surface area (Å²) in [5.41, 5.74) is 1.11. The van der Waals surface area contributed by atoms with Crippen LogP contribution in [-0.4, -0.2) is 51.7 Å². The number of carbonyl (C=O) groups is 2. The molecule has 1 aromatic rings. The minimum Gasteiger partial charge on any atom is -0.480 e. The number of ether oxygens (including phenoxy) is 1. The van der Waals surface area contributed by atoms with Crippen molar-refractivity contribution in [3.63, 3.8) is 0 Å². The Morgan fingerprint density at radius 3 is 2.53 bits per heavy atom. The molecule has 0 unspecified atom stereocenters. The van der Waals surface area contributed by atoms with E-state index in [2.05, 4.69) is 0 Å². The summed E-state index contributed by atoms with van der Waals surface area (Å²) < 4.78 is 7.12. The van der Waals surface area contributed by atoms with Crippen LogP contribution in [0.1, 0.15) is 23.1 Å². The average molecular weight is 266 g/mol. The van der Waals surface area contributed by atoms with Crippen LogP contribution in [0.4, 0.5) is 0 Å². The predicted octanol–water partition coefficient (Wildman–Crippen LogP) is 0.649. The molecular formula is C13H18N2O4. The number of aromatic nitrogens is 1. The smallest absolute Gasteiger partial charge is 0.329 e. The molecular weight excluding hydrogens is 248 g/mol. The molecule has 0 spiro atoms. The molecule has 0 atom stereocenters. The van der Waals surface area contributed by atoms with Crippen LogP contribution in [-0.2, 0) is 16.6 Å². The normalized spacial score (nSPS) is 17.1. The molecule has 1 aliphatic heterocycles. The number of carboxylic acids is 1. The minimum absolute atomic E-state index is 0.0491. The van der Waals surface area contributed by atoms with E-state index in [-0.39, 0.29) is 12.5 Å². The molecule has 6 heteroatoms. The van der Waals surface area contributed by atoms with Gasteiger partial charge < -0.3 is 19.3 Å². The van der Waals surface area contributed by atoms with Crippen molar-refractivity contribution >= 4 is 11.9 Å². The molecule has 1 fully saturated rings. The standard InChI is InChI=1S/C13H18N2O4/c1-9-4-5-10(14(9)3)12(18)15-7-13(2,8-15)19-6-11(16)17/h4-5H,6-8H2,1-3H3,(H,16,17). The zero-order valence-electron chi connectivity index (χ0n) is 11.3. The summed E-state index contributed by atoms with van der Waals surface area (Å²) in [5.74, 6) is -1.05. The Morgan fingerprint density at radius 2 is 2.05 bits per heavy atom. The minimum atomic E-state index is -0.996. The average Bonchev–Trinajstić information content (AvgIpc) is 2.63. The highest BCUT2D eigenvalue weighted by Gasteiger charge is 2.43. The molecule has 0 aliphatic carbocycles. The number of hydrogen-bond acceptors (Lipinski definition) is 3. The van der Waals surface area contributed by atoms with Crippen molar-refractivity contribution < 1.29 is 19.4 Å². The fourth-order valence-electron chi connectivity index (χ4n) is 2.22. The van der Waals surface area contributed by atoms with Crippen molar-refractivity contribution in [3.05, 3.63) is 23.5 Å². The van der Waals surface area contributed by atoms with Gasteiger partial charge in [-0.3, -0.25) is 4.79 Å².